The van der Waals surface area contributed by atoms with Crippen LogP contribution in [0.25, 0.3) is 0 Å². The number of esters is 1. The highest BCUT2D eigenvalue weighted by Crippen LogP contribution is 2.27. The summed E-state index contributed by atoms with van der Waals surface area (Å²) >= 11 is 0. The van der Waals surface area contributed by atoms with E-state index in [1.54, 1.807) is 25.3 Å². The van der Waals surface area contributed by atoms with Crippen LogP contribution in [0.3, 0.4) is 0 Å². The standard InChI is InChI=1S/C23H24N2O5S/c1-16-4-9-19(10-5-16)25-31(27,28)22-14-18(23(26)30-3)8-13-21(22)24-15-17-6-11-20(29-2)12-7-17/h4-14,24-25H,15H2,1-3H3. The number of hydrogen-bond donors (Lipinski definition) is 2. The van der Waals surface area contributed by atoms with Crippen molar-refractivity contribution in [2.45, 2.75) is 18.4 Å². The molecule has 0 aromatic heterocycles. The van der Waals surface area contributed by atoms with E-state index in [0.717, 1.165) is 16.9 Å². The van der Waals surface area contributed by atoms with Crippen LogP contribution in [0.1, 0.15) is 21.5 Å². The third-order valence-electron chi connectivity index (χ3n) is 4.64. The smallest absolute Gasteiger partial charge is 0.337 e. The van der Waals surface area contributed by atoms with Crippen molar-refractivity contribution in [3.63, 3.8) is 0 Å². The largest absolute Gasteiger partial charge is 0.497 e. The Morgan fingerprint density at radius 2 is 1.61 bits per heavy atom. The topological polar surface area (TPSA) is 93.7 Å². The second-order valence-electron chi connectivity index (χ2n) is 6.88. The van der Waals surface area contributed by atoms with Crippen molar-refractivity contribution in [3.8, 4) is 5.75 Å². The maximum atomic E-state index is 13.1. The Balaban J connectivity index is 1.92. The van der Waals surface area contributed by atoms with Gasteiger partial charge in [-0.15, -0.1) is 0 Å². The third kappa shape index (κ3) is 5.55. The first-order chi connectivity index (χ1) is 14.8. The number of aryl methyl sites for hydroxylation is 1. The van der Waals surface area contributed by atoms with Crippen molar-refractivity contribution in [1.29, 1.82) is 0 Å². The average Bonchev–Trinajstić information content (AvgIpc) is 2.78. The van der Waals surface area contributed by atoms with Gasteiger partial charge in [-0.1, -0.05) is 29.8 Å². The van der Waals surface area contributed by atoms with Crippen LogP contribution < -0.4 is 14.8 Å². The predicted molar refractivity (Wildman–Crippen MR) is 120 cm³/mol. The highest BCUT2D eigenvalue weighted by atomic mass is 32.2. The minimum Gasteiger partial charge on any atom is -0.497 e. The number of carbonyl (C=O) groups is 1. The highest BCUT2D eigenvalue weighted by molar-refractivity contribution is 7.92. The quantitative estimate of drug-likeness (QED) is 0.510. The summed E-state index contributed by atoms with van der Waals surface area (Å²) in [5, 5.41) is 3.14. The molecule has 0 radical (unpaired) electrons. The van der Waals surface area contributed by atoms with Gasteiger partial charge in [0.25, 0.3) is 10.0 Å². The summed E-state index contributed by atoms with van der Waals surface area (Å²) in [5.41, 5.74) is 2.88. The Hall–Kier alpha value is -3.52. The predicted octanol–water partition coefficient (Wildman–Crippen LogP) is 4.20. The lowest BCUT2D eigenvalue weighted by atomic mass is 10.2. The molecule has 31 heavy (non-hydrogen) atoms. The maximum absolute atomic E-state index is 13.1. The second-order valence-corrected chi connectivity index (χ2v) is 8.53. The second kappa shape index (κ2) is 9.53. The number of hydrogen-bond acceptors (Lipinski definition) is 6. The first kappa shape index (κ1) is 22.2. The van der Waals surface area contributed by atoms with Crippen molar-refractivity contribution >= 4 is 27.4 Å². The van der Waals surface area contributed by atoms with Gasteiger partial charge in [0.05, 0.1) is 25.5 Å². The molecule has 0 bridgehead atoms. The summed E-state index contributed by atoms with van der Waals surface area (Å²) in [6, 6.07) is 18.8. The minimum atomic E-state index is -3.98. The van der Waals surface area contributed by atoms with Crippen LogP contribution in [0.15, 0.2) is 71.6 Å². The fourth-order valence-electron chi connectivity index (χ4n) is 2.91. The molecule has 3 aromatic carbocycles. The average molecular weight is 441 g/mol. The monoisotopic (exact) mass is 440 g/mol. The number of nitrogens with one attached hydrogen (secondary N) is 2. The molecule has 0 aliphatic carbocycles. The van der Waals surface area contributed by atoms with Gasteiger partial charge in [-0.2, -0.15) is 0 Å². The molecule has 0 atom stereocenters. The Morgan fingerprint density at radius 1 is 0.935 bits per heavy atom. The van der Waals surface area contributed by atoms with Crippen LogP contribution in [-0.2, 0) is 21.3 Å². The molecule has 2 N–H and O–H groups in total. The van der Waals surface area contributed by atoms with Gasteiger partial charge >= 0.3 is 5.97 Å². The zero-order valence-electron chi connectivity index (χ0n) is 17.5. The number of carbonyl (C=O) groups excluding carboxylic acids is 1. The molecule has 3 aromatic rings. The lowest BCUT2D eigenvalue weighted by Crippen LogP contribution is -2.16. The summed E-state index contributed by atoms with van der Waals surface area (Å²) in [6.45, 7) is 2.30. The number of methoxy groups -OCH3 is 2. The third-order valence-corrected chi connectivity index (χ3v) is 6.06. The molecule has 0 spiro atoms. The molecule has 3 rings (SSSR count). The molecular formula is C23H24N2O5S. The summed E-state index contributed by atoms with van der Waals surface area (Å²) in [7, 11) is -1.14. The van der Waals surface area contributed by atoms with Crippen molar-refractivity contribution in [1.82, 2.24) is 0 Å². The molecule has 0 aliphatic rings. The molecule has 0 fully saturated rings. The molecular weight excluding hydrogens is 416 g/mol. The first-order valence-corrected chi connectivity index (χ1v) is 11.0. The summed E-state index contributed by atoms with van der Waals surface area (Å²) in [4.78, 5) is 11.9. The summed E-state index contributed by atoms with van der Waals surface area (Å²) in [5.74, 6) is 0.116. The van der Waals surface area contributed by atoms with E-state index in [-0.39, 0.29) is 10.5 Å². The van der Waals surface area contributed by atoms with E-state index in [2.05, 4.69) is 10.0 Å². The van der Waals surface area contributed by atoms with Crippen molar-refractivity contribution in [3.05, 3.63) is 83.4 Å². The van der Waals surface area contributed by atoms with Gasteiger partial charge in [0, 0.05) is 12.2 Å². The normalized spacial score (nSPS) is 10.9. The molecule has 7 nitrogen and oxygen atoms in total. The molecule has 0 saturated heterocycles. The fourth-order valence-corrected chi connectivity index (χ4v) is 4.18. The Morgan fingerprint density at radius 3 is 2.23 bits per heavy atom. The van der Waals surface area contributed by atoms with E-state index < -0.39 is 16.0 Å². The minimum absolute atomic E-state index is 0.0514. The lowest BCUT2D eigenvalue weighted by molar-refractivity contribution is 0.0600. The van der Waals surface area contributed by atoms with E-state index in [4.69, 9.17) is 9.47 Å². The van der Waals surface area contributed by atoms with E-state index in [9.17, 15) is 13.2 Å². The molecule has 0 aliphatic heterocycles. The van der Waals surface area contributed by atoms with E-state index in [1.165, 1.54) is 19.2 Å². The van der Waals surface area contributed by atoms with E-state index >= 15 is 0 Å². The van der Waals surface area contributed by atoms with E-state index in [0.29, 0.717) is 17.9 Å². The van der Waals surface area contributed by atoms with Crippen LogP contribution in [0.4, 0.5) is 11.4 Å². The van der Waals surface area contributed by atoms with Crippen molar-refractivity contribution < 1.29 is 22.7 Å². The Labute approximate surface area is 182 Å². The fraction of sp³-hybridized carbons (Fsp3) is 0.174. The number of sulfonamides is 1. The zero-order chi connectivity index (χ0) is 22.4. The van der Waals surface area contributed by atoms with E-state index in [1.807, 2.05) is 43.3 Å². The number of ether oxygens (including phenoxy) is 2. The van der Waals surface area contributed by atoms with Gasteiger partial charge in [0.2, 0.25) is 0 Å². The molecule has 0 amide bonds. The first-order valence-electron chi connectivity index (χ1n) is 9.51. The lowest BCUT2D eigenvalue weighted by Gasteiger charge is -2.15. The Kier molecular flexibility index (Phi) is 6.81. The van der Waals surface area contributed by atoms with Crippen LogP contribution in [0, 0.1) is 6.92 Å². The van der Waals surface area contributed by atoms with Gasteiger partial charge < -0.3 is 14.8 Å². The molecule has 0 saturated carbocycles. The van der Waals surface area contributed by atoms with Crippen LogP contribution in [0.2, 0.25) is 0 Å². The van der Waals surface area contributed by atoms with Gasteiger partial charge in [0.1, 0.15) is 10.6 Å². The summed E-state index contributed by atoms with van der Waals surface area (Å²) < 4.78 is 38.7. The number of anilines is 2. The van der Waals surface area contributed by atoms with Gasteiger partial charge in [-0.05, 0) is 55.0 Å². The molecule has 8 heteroatoms. The Bertz CT molecular complexity index is 1160. The van der Waals surface area contributed by atoms with Crippen molar-refractivity contribution in [2.75, 3.05) is 24.3 Å². The van der Waals surface area contributed by atoms with Crippen LogP contribution in [-0.4, -0.2) is 28.6 Å². The SMILES string of the molecule is COC(=O)c1ccc(NCc2ccc(OC)cc2)c(S(=O)(=O)Nc2ccc(C)cc2)c1. The number of rotatable bonds is 8. The summed E-state index contributed by atoms with van der Waals surface area (Å²) in [6.07, 6.45) is 0. The van der Waals surface area contributed by atoms with Crippen LogP contribution in [0.5, 0.6) is 5.75 Å². The maximum Gasteiger partial charge on any atom is 0.337 e. The molecule has 162 valence electrons. The van der Waals surface area contributed by atoms with Crippen LogP contribution >= 0.6 is 0 Å². The van der Waals surface area contributed by atoms with Gasteiger partial charge in [-0.25, -0.2) is 13.2 Å². The zero-order valence-corrected chi connectivity index (χ0v) is 18.3. The van der Waals surface area contributed by atoms with Gasteiger partial charge in [-0.3, -0.25) is 4.72 Å². The highest BCUT2D eigenvalue weighted by Gasteiger charge is 2.21. The van der Waals surface area contributed by atoms with Crippen molar-refractivity contribution in [2.24, 2.45) is 0 Å². The number of benzene rings is 3. The van der Waals surface area contributed by atoms with Gasteiger partial charge in [0.15, 0.2) is 0 Å². The molecule has 0 unspecified atom stereocenters. The molecule has 0 heterocycles.